The molecule has 1 aromatic heterocycles. The fraction of sp³-hybridized carbons (Fsp3) is 0.519. The van der Waals surface area contributed by atoms with Gasteiger partial charge in [0.25, 0.3) is 0 Å². The first-order valence-corrected chi connectivity index (χ1v) is 11.8. The molecule has 1 aromatic carbocycles. The number of carbonyl (C=O) groups is 1. The van der Waals surface area contributed by atoms with Crippen LogP contribution in [0.15, 0.2) is 17.1 Å². The molecular formula is C27H42N4O3. The minimum Gasteiger partial charge on any atom is -0.443 e. The van der Waals surface area contributed by atoms with Gasteiger partial charge in [-0.2, -0.15) is 0 Å². The quantitative estimate of drug-likeness (QED) is 0.492. The predicted molar refractivity (Wildman–Crippen MR) is 142 cm³/mol. The topological polar surface area (TPSA) is 91.7 Å². The summed E-state index contributed by atoms with van der Waals surface area (Å²) in [4.78, 5) is 21.4. The number of nitrogens with zero attached hydrogens (tertiary/aromatic N) is 3. The first kappa shape index (κ1) is 29.3. The summed E-state index contributed by atoms with van der Waals surface area (Å²) in [5.74, 6) is 1.41. The van der Waals surface area contributed by atoms with Crippen LogP contribution < -0.4 is 5.73 Å². The van der Waals surface area contributed by atoms with E-state index in [9.17, 15) is 4.79 Å². The summed E-state index contributed by atoms with van der Waals surface area (Å²) in [5, 5.41) is 0. The minimum atomic E-state index is -0.637. The third kappa shape index (κ3) is 7.64. The van der Waals surface area contributed by atoms with Crippen molar-refractivity contribution in [3.63, 3.8) is 0 Å². The van der Waals surface area contributed by atoms with Crippen molar-refractivity contribution in [1.82, 2.24) is 9.55 Å². The van der Waals surface area contributed by atoms with Crippen LogP contribution in [0.2, 0.25) is 0 Å². The van der Waals surface area contributed by atoms with Crippen LogP contribution in [0.1, 0.15) is 87.2 Å². The monoisotopic (exact) mass is 470 g/mol. The van der Waals surface area contributed by atoms with E-state index in [1.54, 1.807) is 7.11 Å². The number of aryl methyl sites for hydroxylation is 2. The highest BCUT2D eigenvalue weighted by Crippen LogP contribution is 2.43. The Balaban J connectivity index is 0.00000137. The molecule has 0 spiro atoms. The van der Waals surface area contributed by atoms with Gasteiger partial charge >= 0.3 is 6.09 Å². The molecule has 34 heavy (non-hydrogen) atoms. The summed E-state index contributed by atoms with van der Waals surface area (Å²) >= 11 is 0. The number of hydrogen-bond donors (Lipinski definition) is 1. The predicted octanol–water partition coefficient (Wildman–Crippen LogP) is 6.41. The molecule has 1 aliphatic rings. The molecule has 1 heterocycles. The molecule has 0 atom stereocenters. The number of hydrogen-bond acceptors (Lipinski definition) is 6. The van der Waals surface area contributed by atoms with Gasteiger partial charge in [-0.05, 0) is 95.5 Å². The summed E-state index contributed by atoms with van der Waals surface area (Å²) in [6, 6.07) is 4.48. The summed E-state index contributed by atoms with van der Waals surface area (Å²) in [6.07, 6.45) is 5.83. The van der Waals surface area contributed by atoms with Crippen LogP contribution in [0.25, 0.3) is 12.2 Å². The third-order valence-corrected chi connectivity index (χ3v) is 5.10. The van der Waals surface area contributed by atoms with Gasteiger partial charge in [-0.3, -0.25) is 0 Å². The Bertz CT molecular complexity index is 996. The zero-order valence-corrected chi connectivity index (χ0v) is 22.4. The molecule has 1 fully saturated rings. The number of aromatic nitrogens is 2. The smallest absolute Gasteiger partial charge is 0.420 e. The average Bonchev–Trinajstić information content (AvgIpc) is 3.58. The molecule has 2 N–H and O–H groups in total. The van der Waals surface area contributed by atoms with Crippen molar-refractivity contribution in [3.8, 4) is 0 Å². The number of rotatable bonds is 6. The molecular weight excluding hydrogens is 428 g/mol. The molecule has 2 aromatic rings. The van der Waals surface area contributed by atoms with E-state index in [0.29, 0.717) is 23.3 Å². The lowest BCUT2D eigenvalue weighted by Gasteiger charge is -2.20. The number of nitrogens with two attached hydrogens (primary N) is 1. The molecule has 0 unspecified atom stereocenters. The van der Waals surface area contributed by atoms with Crippen molar-refractivity contribution in [1.29, 1.82) is 0 Å². The molecule has 0 bridgehead atoms. The Labute approximate surface area is 205 Å². The van der Waals surface area contributed by atoms with Crippen LogP contribution in [-0.2, 0) is 16.1 Å². The van der Waals surface area contributed by atoms with Gasteiger partial charge in [-0.1, -0.05) is 32.1 Å². The maximum atomic E-state index is 13.0. The molecule has 1 saturated carbocycles. The number of aliphatic imine (C=N–C) groups is 1. The fourth-order valence-corrected chi connectivity index (χ4v) is 3.39. The van der Waals surface area contributed by atoms with E-state index in [4.69, 9.17) is 9.47 Å². The Morgan fingerprint density at radius 3 is 2.29 bits per heavy atom. The van der Waals surface area contributed by atoms with Crippen LogP contribution in [0.5, 0.6) is 0 Å². The molecule has 0 aliphatic heterocycles. The summed E-state index contributed by atoms with van der Waals surface area (Å²) in [6.45, 7) is 17.5. The van der Waals surface area contributed by atoms with Crippen molar-refractivity contribution in [3.05, 3.63) is 45.9 Å². The number of carbonyl (C=O) groups excluding carboxylic acids is 1. The highest BCUT2D eigenvalue weighted by molar-refractivity contribution is 5.83. The summed E-state index contributed by atoms with van der Waals surface area (Å²) in [5.41, 5.74) is 9.43. The Morgan fingerprint density at radius 1 is 1.21 bits per heavy atom. The minimum absolute atomic E-state index is 0.159. The van der Waals surface area contributed by atoms with Crippen LogP contribution in [0.3, 0.4) is 0 Å². The van der Waals surface area contributed by atoms with E-state index in [2.05, 4.69) is 48.4 Å². The fourth-order valence-electron chi connectivity index (χ4n) is 3.39. The van der Waals surface area contributed by atoms with Crippen molar-refractivity contribution in [2.45, 2.75) is 79.4 Å². The lowest BCUT2D eigenvalue weighted by atomic mass is 9.96. The van der Waals surface area contributed by atoms with Gasteiger partial charge in [-0.15, -0.1) is 0 Å². The van der Waals surface area contributed by atoms with Crippen molar-refractivity contribution in [2.24, 2.45) is 10.7 Å². The van der Waals surface area contributed by atoms with Gasteiger partial charge < -0.3 is 15.2 Å². The lowest BCUT2D eigenvalue weighted by Crippen LogP contribution is -2.28. The molecule has 0 amide bonds. The van der Waals surface area contributed by atoms with E-state index in [1.807, 2.05) is 46.8 Å². The highest BCUT2D eigenvalue weighted by atomic mass is 16.6. The second kappa shape index (κ2) is 13.2. The van der Waals surface area contributed by atoms with Gasteiger partial charge in [0.05, 0.1) is 5.69 Å². The van der Waals surface area contributed by atoms with Crippen LogP contribution in [0, 0.1) is 13.8 Å². The van der Waals surface area contributed by atoms with Crippen LogP contribution in [-0.4, -0.2) is 42.1 Å². The Kier molecular flexibility index (Phi) is 11.4. The Morgan fingerprint density at radius 2 is 1.79 bits per heavy atom. The number of ether oxygens (including phenoxy) is 2. The zero-order valence-electron chi connectivity index (χ0n) is 22.4. The largest absolute Gasteiger partial charge is 0.443 e. The van der Waals surface area contributed by atoms with Gasteiger partial charge in [0.1, 0.15) is 18.0 Å². The number of imidazole rings is 1. The van der Waals surface area contributed by atoms with Gasteiger partial charge in [0, 0.05) is 7.11 Å². The third-order valence-electron chi connectivity index (χ3n) is 5.10. The average molecular weight is 471 g/mol. The second-order valence-corrected chi connectivity index (χ2v) is 8.82. The van der Waals surface area contributed by atoms with E-state index < -0.39 is 11.7 Å². The summed E-state index contributed by atoms with van der Waals surface area (Å²) in [7, 11) is 3.06. The first-order chi connectivity index (χ1) is 16.1. The highest BCUT2D eigenvalue weighted by Gasteiger charge is 2.27. The Hall–Kier alpha value is -2.77. The first-order valence-electron chi connectivity index (χ1n) is 11.8. The van der Waals surface area contributed by atoms with Gasteiger partial charge in [0.15, 0.2) is 5.82 Å². The van der Waals surface area contributed by atoms with Crippen LogP contribution in [0.4, 0.5) is 10.6 Å². The number of benzene rings is 1. The van der Waals surface area contributed by atoms with Crippen molar-refractivity contribution in [2.75, 3.05) is 14.2 Å². The zero-order chi connectivity index (χ0) is 26.1. The van der Waals surface area contributed by atoms with E-state index in [-0.39, 0.29) is 6.61 Å². The maximum absolute atomic E-state index is 13.0. The molecule has 7 nitrogen and oxygen atoms in total. The van der Waals surface area contributed by atoms with E-state index in [1.165, 1.54) is 41.1 Å². The lowest BCUT2D eigenvalue weighted by molar-refractivity contribution is 0.0518. The second-order valence-electron chi connectivity index (χ2n) is 8.82. The number of methoxy groups -OCH3 is 1. The normalized spacial score (nSPS) is 13.0. The maximum Gasteiger partial charge on any atom is 0.420 e. The molecule has 188 valence electrons. The van der Waals surface area contributed by atoms with Gasteiger partial charge in [0.2, 0.25) is 0 Å². The van der Waals surface area contributed by atoms with E-state index in [0.717, 1.165) is 5.56 Å². The van der Waals surface area contributed by atoms with Crippen molar-refractivity contribution >= 4 is 30.8 Å². The van der Waals surface area contributed by atoms with Crippen molar-refractivity contribution < 1.29 is 14.3 Å². The van der Waals surface area contributed by atoms with Crippen LogP contribution >= 0.6 is 0 Å². The molecule has 3 rings (SSSR count). The molecule has 7 heteroatoms. The van der Waals surface area contributed by atoms with Gasteiger partial charge in [-0.25, -0.2) is 19.3 Å². The summed E-state index contributed by atoms with van der Waals surface area (Å²) < 4.78 is 12.3. The standard InChI is InChI=1S/C24H31N3O3.C2H6.CH5N/c1-15-12-18(19(13-16(15)2)17-8-9-17)10-11-20-22(25-6)26-21(14-29-7)27(20)23(28)30-24(3,4)5;2*1-2/h10-13,17H,6,8-9,14H2,1-5,7H3;1-2H3;2H2,1H3/b11-10-;;. The molecule has 0 saturated heterocycles. The SMILES string of the molecule is C=Nc1nc(COC)n(C(=O)OC(C)(C)C)c1/C=C\c1cc(C)c(C)cc1C1CC1.CC.CN. The molecule has 1 aliphatic carbocycles. The molecule has 0 radical (unpaired) electrons. The van der Waals surface area contributed by atoms with E-state index >= 15 is 0 Å².